The van der Waals surface area contributed by atoms with E-state index in [-0.39, 0.29) is 22.0 Å². The quantitative estimate of drug-likeness (QED) is 0.474. The Morgan fingerprint density at radius 3 is 2.26 bits per heavy atom. The number of hydrogen-bond acceptors (Lipinski definition) is 3. The van der Waals surface area contributed by atoms with Crippen LogP contribution in [0.5, 0.6) is 0 Å². The fraction of sp³-hybridized carbons (Fsp3) is 0.308. The van der Waals surface area contributed by atoms with E-state index in [0.29, 0.717) is 11.8 Å². The van der Waals surface area contributed by atoms with E-state index in [1.165, 1.54) is 6.07 Å². The number of nitrogens with two attached hydrogens (primary N) is 1. The van der Waals surface area contributed by atoms with Crippen LogP contribution in [0.1, 0.15) is 26.5 Å². The van der Waals surface area contributed by atoms with Gasteiger partial charge >= 0.3 is 0 Å². The van der Waals surface area contributed by atoms with Crippen molar-refractivity contribution in [3.05, 3.63) is 35.3 Å². The van der Waals surface area contributed by atoms with Gasteiger partial charge in [0, 0.05) is 17.2 Å². The molecular formula is C13H14F3N3. The van der Waals surface area contributed by atoms with Crippen molar-refractivity contribution in [3.63, 3.8) is 0 Å². The Morgan fingerprint density at radius 1 is 1.11 bits per heavy atom. The summed E-state index contributed by atoms with van der Waals surface area (Å²) in [4.78, 5) is 4.08. The fourth-order valence-electron chi connectivity index (χ4n) is 1.80. The molecule has 0 saturated carbocycles. The van der Waals surface area contributed by atoms with Crippen molar-refractivity contribution in [2.45, 2.75) is 26.2 Å². The first kappa shape index (κ1) is 13.6. The molecule has 0 saturated heterocycles. The second-order valence-electron chi connectivity index (χ2n) is 5.33. The first-order valence-electron chi connectivity index (χ1n) is 5.71. The molecule has 2 rings (SSSR count). The number of anilines is 1. The highest BCUT2D eigenvalue weighted by atomic mass is 19.2. The predicted molar refractivity (Wildman–Crippen MR) is 68.1 cm³/mol. The second kappa shape index (κ2) is 4.38. The van der Waals surface area contributed by atoms with Crippen molar-refractivity contribution < 1.29 is 13.2 Å². The maximum absolute atomic E-state index is 13.8. The van der Waals surface area contributed by atoms with Gasteiger partial charge in [-0.25, -0.2) is 18.2 Å². The van der Waals surface area contributed by atoms with E-state index in [2.05, 4.69) is 10.4 Å². The second-order valence-corrected chi connectivity index (χ2v) is 5.33. The number of hydrogen-bond donors (Lipinski definition) is 2. The standard InChI is InChI=1S/C13H14F3N3/c1-13(2,3)9-5-8(19-17)10-11(16)6(14)4-7(15)12(10)18-9/h4-5H,17H2,1-3H3,(H,18,19). The zero-order valence-electron chi connectivity index (χ0n) is 10.8. The lowest BCUT2D eigenvalue weighted by molar-refractivity contribution is 0.504. The van der Waals surface area contributed by atoms with Gasteiger partial charge in [-0.2, -0.15) is 0 Å². The Morgan fingerprint density at radius 2 is 1.74 bits per heavy atom. The first-order chi connectivity index (χ1) is 8.75. The minimum Gasteiger partial charge on any atom is -0.323 e. The van der Waals surface area contributed by atoms with Crippen molar-refractivity contribution in [2.75, 3.05) is 5.43 Å². The predicted octanol–water partition coefficient (Wildman–Crippen LogP) is 3.24. The molecule has 0 unspecified atom stereocenters. The topological polar surface area (TPSA) is 50.9 Å². The number of nitrogens with one attached hydrogen (secondary N) is 1. The first-order valence-corrected chi connectivity index (χ1v) is 5.71. The molecule has 3 nitrogen and oxygen atoms in total. The lowest BCUT2D eigenvalue weighted by Gasteiger charge is -2.20. The molecule has 6 heteroatoms. The molecule has 0 atom stereocenters. The molecule has 0 amide bonds. The Hall–Kier alpha value is -1.82. The molecule has 1 aromatic carbocycles. The molecule has 0 aliphatic heterocycles. The highest BCUT2D eigenvalue weighted by Gasteiger charge is 2.22. The van der Waals surface area contributed by atoms with Gasteiger partial charge < -0.3 is 5.43 Å². The van der Waals surface area contributed by atoms with Crippen LogP contribution in [-0.4, -0.2) is 4.98 Å². The molecule has 0 radical (unpaired) electrons. The fourth-order valence-corrected chi connectivity index (χ4v) is 1.80. The van der Waals surface area contributed by atoms with Gasteiger partial charge in [-0.1, -0.05) is 20.8 Å². The van der Waals surface area contributed by atoms with Gasteiger partial charge in [0.15, 0.2) is 17.5 Å². The number of fused-ring (bicyclic) bond motifs is 1. The Balaban J connectivity index is 2.93. The monoisotopic (exact) mass is 269 g/mol. The van der Waals surface area contributed by atoms with Gasteiger partial charge in [0.25, 0.3) is 0 Å². The molecule has 0 aliphatic carbocycles. The molecule has 19 heavy (non-hydrogen) atoms. The van der Waals surface area contributed by atoms with Crippen molar-refractivity contribution in [2.24, 2.45) is 5.84 Å². The van der Waals surface area contributed by atoms with Crippen molar-refractivity contribution in [1.29, 1.82) is 0 Å². The third-order valence-corrected chi connectivity index (χ3v) is 2.85. The number of nitrogens with zero attached hydrogens (tertiary/aromatic N) is 1. The van der Waals surface area contributed by atoms with Crippen LogP contribution in [0.25, 0.3) is 10.9 Å². The molecule has 0 aliphatic rings. The minimum absolute atomic E-state index is 0.103. The van der Waals surface area contributed by atoms with Crippen molar-refractivity contribution in [3.8, 4) is 0 Å². The van der Waals surface area contributed by atoms with Crippen LogP contribution in [0, 0.1) is 17.5 Å². The zero-order chi connectivity index (χ0) is 14.4. The van der Waals surface area contributed by atoms with E-state index < -0.39 is 17.5 Å². The van der Waals surface area contributed by atoms with Crippen LogP contribution in [0.2, 0.25) is 0 Å². The van der Waals surface area contributed by atoms with Gasteiger partial charge in [0.1, 0.15) is 5.52 Å². The molecule has 0 fully saturated rings. The highest BCUT2D eigenvalue weighted by Crippen LogP contribution is 2.32. The molecule has 0 spiro atoms. The van der Waals surface area contributed by atoms with E-state index >= 15 is 0 Å². The Labute approximate surface area is 108 Å². The number of aromatic nitrogens is 1. The molecule has 102 valence electrons. The smallest absolute Gasteiger partial charge is 0.170 e. The van der Waals surface area contributed by atoms with E-state index in [1.807, 2.05) is 20.8 Å². The van der Waals surface area contributed by atoms with Crippen molar-refractivity contribution in [1.82, 2.24) is 4.98 Å². The van der Waals surface area contributed by atoms with Crippen LogP contribution in [-0.2, 0) is 5.41 Å². The van der Waals surface area contributed by atoms with Gasteiger partial charge in [0.05, 0.1) is 11.1 Å². The van der Waals surface area contributed by atoms with Crippen LogP contribution in [0.15, 0.2) is 12.1 Å². The van der Waals surface area contributed by atoms with Gasteiger partial charge in [-0.15, -0.1) is 0 Å². The summed E-state index contributed by atoms with van der Waals surface area (Å²) < 4.78 is 40.8. The third kappa shape index (κ3) is 2.23. The van der Waals surface area contributed by atoms with Crippen molar-refractivity contribution >= 4 is 16.6 Å². The molecule has 0 bridgehead atoms. The van der Waals surface area contributed by atoms with E-state index in [9.17, 15) is 13.2 Å². The number of rotatable bonds is 1. The van der Waals surface area contributed by atoms with Gasteiger partial charge in [-0.05, 0) is 6.07 Å². The number of benzene rings is 1. The highest BCUT2D eigenvalue weighted by molar-refractivity contribution is 5.92. The Bertz CT molecular complexity index is 648. The number of halogens is 3. The van der Waals surface area contributed by atoms with Crippen LogP contribution in [0.4, 0.5) is 18.9 Å². The zero-order valence-corrected chi connectivity index (χ0v) is 10.8. The van der Waals surface area contributed by atoms with Gasteiger partial charge in [-0.3, -0.25) is 5.84 Å². The van der Waals surface area contributed by atoms with E-state index in [1.54, 1.807) is 0 Å². The summed E-state index contributed by atoms with van der Waals surface area (Å²) >= 11 is 0. The maximum atomic E-state index is 13.8. The summed E-state index contributed by atoms with van der Waals surface area (Å²) in [6.07, 6.45) is 0. The summed E-state index contributed by atoms with van der Waals surface area (Å²) in [5.74, 6) is 1.95. The summed E-state index contributed by atoms with van der Waals surface area (Å²) in [5, 5.41) is -0.284. The third-order valence-electron chi connectivity index (χ3n) is 2.85. The number of hydrazine groups is 1. The summed E-state index contributed by atoms with van der Waals surface area (Å²) in [6, 6.07) is 1.97. The maximum Gasteiger partial charge on any atom is 0.170 e. The summed E-state index contributed by atoms with van der Waals surface area (Å²) in [7, 11) is 0. The van der Waals surface area contributed by atoms with E-state index in [4.69, 9.17) is 5.84 Å². The molecular weight excluding hydrogens is 255 g/mol. The molecule has 3 N–H and O–H groups in total. The number of pyridine rings is 1. The summed E-state index contributed by atoms with van der Waals surface area (Å²) in [6.45, 7) is 5.62. The molecule has 1 heterocycles. The lowest BCUT2D eigenvalue weighted by Crippen LogP contribution is -2.17. The molecule has 1 aromatic heterocycles. The average molecular weight is 269 g/mol. The van der Waals surface area contributed by atoms with Crippen LogP contribution < -0.4 is 11.3 Å². The SMILES string of the molecule is CC(C)(C)c1cc(NN)c2c(F)c(F)cc(F)c2n1. The summed E-state index contributed by atoms with van der Waals surface area (Å²) in [5.41, 5.74) is 2.28. The largest absolute Gasteiger partial charge is 0.323 e. The van der Waals surface area contributed by atoms with Gasteiger partial charge in [0.2, 0.25) is 0 Å². The van der Waals surface area contributed by atoms with E-state index in [0.717, 1.165) is 0 Å². The minimum atomic E-state index is -1.27. The average Bonchev–Trinajstić information content (AvgIpc) is 2.33. The number of nitrogen functional groups attached to an aromatic ring is 1. The Kier molecular flexibility index (Phi) is 3.14. The molecule has 2 aromatic rings. The van der Waals surface area contributed by atoms with Crippen LogP contribution in [0.3, 0.4) is 0 Å². The lowest BCUT2D eigenvalue weighted by atomic mass is 9.90. The van der Waals surface area contributed by atoms with Crippen LogP contribution >= 0.6 is 0 Å². The normalized spacial score (nSPS) is 11.9.